The molecule has 1 aromatic heterocycles. The van der Waals surface area contributed by atoms with E-state index in [9.17, 15) is 13.2 Å². The number of sulfonamides is 1. The molecule has 2 rings (SSSR count). The first-order chi connectivity index (χ1) is 9.45. The van der Waals surface area contributed by atoms with E-state index in [1.165, 1.54) is 16.6 Å². The SMILES string of the molecule is CN1CCCN(S(=O)(=O)c2ccc(CN)nc2)CC1=O. The van der Waals surface area contributed by atoms with Crippen molar-refractivity contribution in [1.29, 1.82) is 0 Å². The first-order valence-corrected chi connectivity index (χ1v) is 7.78. The van der Waals surface area contributed by atoms with E-state index in [-0.39, 0.29) is 23.9 Å². The van der Waals surface area contributed by atoms with Crippen LogP contribution in [-0.4, -0.2) is 55.2 Å². The fourth-order valence-electron chi connectivity index (χ4n) is 2.00. The average molecular weight is 298 g/mol. The summed E-state index contributed by atoms with van der Waals surface area (Å²) in [6, 6.07) is 3.06. The van der Waals surface area contributed by atoms with E-state index in [0.29, 0.717) is 25.2 Å². The van der Waals surface area contributed by atoms with Crippen LogP contribution in [0, 0.1) is 0 Å². The second-order valence-electron chi connectivity index (χ2n) is 4.70. The minimum atomic E-state index is -3.68. The monoisotopic (exact) mass is 298 g/mol. The summed E-state index contributed by atoms with van der Waals surface area (Å²) in [7, 11) is -2.01. The summed E-state index contributed by atoms with van der Waals surface area (Å²) in [4.78, 5) is 17.4. The molecule has 0 spiro atoms. The third-order valence-electron chi connectivity index (χ3n) is 3.28. The van der Waals surface area contributed by atoms with E-state index in [1.807, 2.05) is 0 Å². The average Bonchev–Trinajstić information content (AvgIpc) is 2.61. The number of carbonyl (C=O) groups excluding carboxylic acids is 1. The van der Waals surface area contributed by atoms with Crippen molar-refractivity contribution in [3.63, 3.8) is 0 Å². The highest BCUT2D eigenvalue weighted by molar-refractivity contribution is 7.89. The van der Waals surface area contributed by atoms with Gasteiger partial charge in [-0.2, -0.15) is 4.31 Å². The molecule has 1 aliphatic rings. The Morgan fingerprint density at radius 3 is 2.70 bits per heavy atom. The Kier molecular flexibility index (Phi) is 4.36. The van der Waals surface area contributed by atoms with Crippen molar-refractivity contribution in [2.45, 2.75) is 17.9 Å². The second kappa shape index (κ2) is 5.86. The maximum Gasteiger partial charge on any atom is 0.245 e. The molecule has 0 atom stereocenters. The number of pyridine rings is 1. The van der Waals surface area contributed by atoms with Gasteiger partial charge in [-0.1, -0.05) is 0 Å². The Labute approximate surface area is 118 Å². The van der Waals surface area contributed by atoms with Crippen molar-refractivity contribution < 1.29 is 13.2 Å². The highest BCUT2D eigenvalue weighted by Crippen LogP contribution is 2.17. The van der Waals surface area contributed by atoms with Gasteiger partial charge in [0.05, 0.1) is 12.2 Å². The van der Waals surface area contributed by atoms with Crippen molar-refractivity contribution in [2.24, 2.45) is 5.73 Å². The first kappa shape index (κ1) is 14.9. The number of carbonyl (C=O) groups is 1. The Bertz CT molecular complexity index is 585. The molecule has 1 fully saturated rings. The van der Waals surface area contributed by atoms with Crippen LogP contribution in [-0.2, 0) is 21.4 Å². The Morgan fingerprint density at radius 1 is 1.35 bits per heavy atom. The van der Waals surface area contributed by atoms with Gasteiger partial charge in [0.25, 0.3) is 0 Å². The van der Waals surface area contributed by atoms with Gasteiger partial charge in [0, 0.05) is 32.9 Å². The lowest BCUT2D eigenvalue weighted by Gasteiger charge is -2.19. The second-order valence-corrected chi connectivity index (χ2v) is 6.63. The number of nitrogens with zero attached hydrogens (tertiary/aromatic N) is 3. The smallest absolute Gasteiger partial charge is 0.245 e. The quantitative estimate of drug-likeness (QED) is 0.803. The third kappa shape index (κ3) is 2.97. The van der Waals surface area contributed by atoms with E-state index >= 15 is 0 Å². The summed E-state index contributed by atoms with van der Waals surface area (Å²) in [6.45, 7) is 1.02. The van der Waals surface area contributed by atoms with E-state index < -0.39 is 10.0 Å². The van der Waals surface area contributed by atoms with E-state index in [4.69, 9.17) is 5.73 Å². The van der Waals surface area contributed by atoms with Crippen LogP contribution in [0.2, 0.25) is 0 Å². The summed E-state index contributed by atoms with van der Waals surface area (Å²) in [5.74, 6) is -0.197. The summed E-state index contributed by atoms with van der Waals surface area (Å²) in [5.41, 5.74) is 6.05. The van der Waals surface area contributed by atoms with Gasteiger partial charge in [-0.15, -0.1) is 0 Å². The van der Waals surface area contributed by atoms with Gasteiger partial charge in [0.2, 0.25) is 15.9 Å². The first-order valence-electron chi connectivity index (χ1n) is 6.34. The predicted molar refractivity (Wildman–Crippen MR) is 73.1 cm³/mol. The van der Waals surface area contributed by atoms with Crippen molar-refractivity contribution in [1.82, 2.24) is 14.2 Å². The molecule has 0 aromatic carbocycles. The van der Waals surface area contributed by atoms with Crippen molar-refractivity contribution in [3.8, 4) is 0 Å². The lowest BCUT2D eigenvalue weighted by Crippen LogP contribution is -2.38. The summed E-state index contributed by atoms with van der Waals surface area (Å²) in [6.07, 6.45) is 1.91. The third-order valence-corrected chi connectivity index (χ3v) is 5.11. The van der Waals surface area contributed by atoms with Gasteiger partial charge in [0.1, 0.15) is 4.90 Å². The zero-order chi connectivity index (χ0) is 14.8. The molecule has 7 nitrogen and oxygen atoms in total. The molecule has 1 aliphatic heterocycles. The van der Waals surface area contributed by atoms with Crippen LogP contribution in [0.5, 0.6) is 0 Å². The molecule has 2 heterocycles. The number of hydrogen-bond acceptors (Lipinski definition) is 5. The molecule has 1 amide bonds. The molecule has 0 saturated carbocycles. The lowest BCUT2D eigenvalue weighted by molar-refractivity contribution is -0.129. The fourth-order valence-corrected chi connectivity index (χ4v) is 3.37. The molecule has 0 aliphatic carbocycles. The summed E-state index contributed by atoms with van der Waals surface area (Å²) in [5, 5.41) is 0. The van der Waals surface area contributed by atoms with Gasteiger partial charge in [-0.05, 0) is 18.6 Å². The Balaban J connectivity index is 2.26. The Hall–Kier alpha value is -1.51. The fraction of sp³-hybridized carbons (Fsp3) is 0.500. The van der Waals surface area contributed by atoms with Crippen LogP contribution >= 0.6 is 0 Å². The maximum atomic E-state index is 12.5. The van der Waals surface area contributed by atoms with E-state index in [0.717, 1.165) is 0 Å². The lowest BCUT2D eigenvalue weighted by atomic mass is 10.4. The zero-order valence-corrected chi connectivity index (χ0v) is 12.1. The normalized spacial score (nSPS) is 18.1. The van der Waals surface area contributed by atoms with Crippen LogP contribution < -0.4 is 5.73 Å². The minimum Gasteiger partial charge on any atom is -0.345 e. The van der Waals surface area contributed by atoms with Crippen molar-refractivity contribution in [3.05, 3.63) is 24.0 Å². The molecule has 8 heteroatoms. The number of aromatic nitrogens is 1. The highest BCUT2D eigenvalue weighted by atomic mass is 32.2. The number of likely N-dealkylation sites (N-methyl/N-ethyl adjacent to an activating group) is 1. The number of nitrogens with two attached hydrogens (primary N) is 1. The molecule has 110 valence electrons. The molecule has 20 heavy (non-hydrogen) atoms. The molecule has 2 N–H and O–H groups in total. The molecule has 1 aromatic rings. The molecule has 0 unspecified atom stereocenters. The predicted octanol–water partition coefficient (Wildman–Crippen LogP) is -0.607. The molecular formula is C12H18N4O3S. The van der Waals surface area contributed by atoms with Crippen LogP contribution in [0.15, 0.2) is 23.2 Å². The standard InChI is InChI=1S/C12H18N4O3S/c1-15-5-2-6-16(9-12(15)17)20(18,19)11-4-3-10(7-13)14-8-11/h3-4,8H,2,5-7,9,13H2,1H3. The minimum absolute atomic E-state index is 0.0899. The van der Waals surface area contributed by atoms with Crippen LogP contribution in [0.25, 0.3) is 0 Å². The molecule has 0 bridgehead atoms. The number of rotatable bonds is 3. The highest BCUT2D eigenvalue weighted by Gasteiger charge is 2.29. The van der Waals surface area contributed by atoms with Gasteiger partial charge in [-0.25, -0.2) is 8.42 Å². The summed E-state index contributed by atoms with van der Waals surface area (Å²) < 4.78 is 26.2. The number of hydrogen-bond donors (Lipinski definition) is 1. The topological polar surface area (TPSA) is 96.6 Å². The van der Waals surface area contributed by atoms with E-state index in [2.05, 4.69) is 4.98 Å². The molecular weight excluding hydrogens is 280 g/mol. The van der Waals surface area contributed by atoms with Crippen molar-refractivity contribution in [2.75, 3.05) is 26.7 Å². The van der Waals surface area contributed by atoms with Crippen LogP contribution in [0.4, 0.5) is 0 Å². The molecule has 1 saturated heterocycles. The number of amides is 1. The van der Waals surface area contributed by atoms with Gasteiger partial charge < -0.3 is 10.6 Å². The van der Waals surface area contributed by atoms with Crippen LogP contribution in [0.3, 0.4) is 0 Å². The summed E-state index contributed by atoms with van der Waals surface area (Å²) >= 11 is 0. The molecule has 0 radical (unpaired) electrons. The van der Waals surface area contributed by atoms with Gasteiger partial charge >= 0.3 is 0 Å². The van der Waals surface area contributed by atoms with Crippen LogP contribution in [0.1, 0.15) is 12.1 Å². The van der Waals surface area contributed by atoms with Gasteiger partial charge in [0.15, 0.2) is 0 Å². The maximum absolute atomic E-state index is 12.5. The Morgan fingerprint density at radius 2 is 2.10 bits per heavy atom. The van der Waals surface area contributed by atoms with E-state index in [1.54, 1.807) is 18.0 Å². The van der Waals surface area contributed by atoms with Crippen molar-refractivity contribution >= 4 is 15.9 Å². The zero-order valence-electron chi connectivity index (χ0n) is 11.3. The largest absolute Gasteiger partial charge is 0.345 e. The van der Waals surface area contributed by atoms with Gasteiger partial charge in [-0.3, -0.25) is 9.78 Å².